The Kier molecular flexibility index (Phi) is 5.50. The van der Waals surface area contributed by atoms with Gasteiger partial charge in [-0.1, -0.05) is 20.8 Å². The Balaban J connectivity index is 2.02. The van der Waals surface area contributed by atoms with Crippen LogP contribution in [0.2, 0.25) is 0 Å². The fourth-order valence-corrected chi connectivity index (χ4v) is 2.97. The molecule has 2 rings (SSSR count). The van der Waals surface area contributed by atoms with E-state index < -0.39 is 0 Å². The van der Waals surface area contributed by atoms with Crippen LogP contribution in [0.5, 0.6) is 0 Å². The number of anilines is 1. The Morgan fingerprint density at radius 2 is 2.14 bits per heavy atom. The maximum absolute atomic E-state index is 11.8. The van der Waals surface area contributed by atoms with Gasteiger partial charge in [0.25, 0.3) is 0 Å². The van der Waals surface area contributed by atoms with E-state index in [1.54, 1.807) is 18.4 Å². The molecule has 5 nitrogen and oxygen atoms in total. The number of rotatable bonds is 6. The quantitative estimate of drug-likeness (QED) is 0.803. The predicted molar refractivity (Wildman–Crippen MR) is 91.7 cm³/mol. The lowest BCUT2D eigenvalue weighted by molar-refractivity contribution is -0.115. The number of fused-ring (bicyclic) bond motifs is 1. The zero-order chi connectivity index (χ0) is 16.2. The second-order valence-corrected chi connectivity index (χ2v) is 7.20. The largest absolute Gasteiger partial charge is 0.383 e. The van der Waals surface area contributed by atoms with Crippen molar-refractivity contribution in [1.29, 1.82) is 0 Å². The van der Waals surface area contributed by atoms with Crippen molar-refractivity contribution in [3.8, 4) is 0 Å². The van der Waals surface area contributed by atoms with Crippen molar-refractivity contribution < 1.29 is 9.53 Å². The summed E-state index contributed by atoms with van der Waals surface area (Å²) in [6, 6.07) is 5.83. The lowest BCUT2D eigenvalue weighted by Crippen LogP contribution is -2.30. The molecule has 0 saturated carbocycles. The monoisotopic (exact) mass is 321 g/mol. The summed E-state index contributed by atoms with van der Waals surface area (Å²) in [4.78, 5) is 16.5. The smallest absolute Gasteiger partial charge is 0.238 e. The summed E-state index contributed by atoms with van der Waals surface area (Å²) in [6.45, 7) is 7.98. The molecular formula is C16H23N3O2S. The Hall–Kier alpha value is -1.50. The summed E-state index contributed by atoms with van der Waals surface area (Å²) in [6.07, 6.45) is 0. The molecule has 6 heteroatoms. The molecule has 1 aromatic carbocycles. The molecule has 0 aliphatic carbocycles. The topological polar surface area (TPSA) is 63.2 Å². The molecule has 0 atom stereocenters. The number of aromatic nitrogens is 1. The van der Waals surface area contributed by atoms with Gasteiger partial charge in [-0.2, -0.15) is 0 Å². The number of carbonyl (C=O) groups is 1. The second kappa shape index (κ2) is 7.17. The van der Waals surface area contributed by atoms with E-state index in [2.05, 4.69) is 36.4 Å². The highest BCUT2D eigenvalue weighted by Gasteiger charge is 2.18. The van der Waals surface area contributed by atoms with Gasteiger partial charge in [-0.3, -0.25) is 4.79 Å². The van der Waals surface area contributed by atoms with Gasteiger partial charge in [0.05, 0.1) is 28.4 Å². The van der Waals surface area contributed by atoms with Crippen LogP contribution < -0.4 is 10.6 Å². The molecule has 0 saturated heterocycles. The summed E-state index contributed by atoms with van der Waals surface area (Å²) < 4.78 is 6.01. The number of nitrogens with one attached hydrogen (secondary N) is 2. The van der Waals surface area contributed by atoms with Crippen LogP contribution in [-0.2, 0) is 14.9 Å². The summed E-state index contributed by atoms with van der Waals surface area (Å²) in [5, 5.41) is 7.02. The molecule has 1 heterocycles. The molecule has 0 unspecified atom stereocenters. The third-order valence-corrected chi connectivity index (χ3v) is 4.53. The van der Waals surface area contributed by atoms with Crippen LogP contribution in [0.25, 0.3) is 10.2 Å². The van der Waals surface area contributed by atoms with Gasteiger partial charge >= 0.3 is 0 Å². The second-order valence-electron chi connectivity index (χ2n) is 6.17. The van der Waals surface area contributed by atoms with Crippen LogP contribution in [0, 0.1) is 0 Å². The standard InChI is InChI=1S/C16H23N3O2S/c1-16(2,3)15-19-12-6-5-11(9-13(12)22-15)18-14(20)10-17-7-8-21-4/h5-6,9,17H,7-8,10H2,1-4H3,(H,18,20). The van der Waals surface area contributed by atoms with Crippen LogP contribution in [-0.4, -0.2) is 37.7 Å². The predicted octanol–water partition coefficient (Wildman–Crippen LogP) is 2.77. The van der Waals surface area contributed by atoms with Crippen LogP contribution >= 0.6 is 11.3 Å². The first-order chi connectivity index (χ1) is 10.4. The minimum Gasteiger partial charge on any atom is -0.383 e. The Morgan fingerprint density at radius 3 is 2.82 bits per heavy atom. The molecule has 0 bridgehead atoms. The van der Waals surface area contributed by atoms with E-state index in [1.165, 1.54) is 0 Å². The normalized spacial score (nSPS) is 11.8. The van der Waals surface area contributed by atoms with Crippen molar-refractivity contribution in [2.24, 2.45) is 0 Å². The minimum atomic E-state index is -0.0592. The third-order valence-electron chi connectivity index (χ3n) is 3.08. The molecule has 0 aliphatic heterocycles. The minimum absolute atomic E-state index is 0.0400. The summed E-state index contributed by atoms with van der Waals surface area (Å²) in [7, 11) is 1.64. The van der Waals surface area contributed by atoms with E-state index in [0.29, 0.717) is 13.2 Å². The van der Waals surface area contributed by atoms with Crippen molar-refractivity contribution >= 4 is 33.1 Å². The fourth-order valence-electron chi connectivity index (χ4n) is 1.90. The number of amides is 1. The number of carbonyl (C=O) groups excluding carboxylic acids is 1. The molecule has 1 aromatic heterocycles. The van der Waals surface area contributed by atoms with Crippen molar-refractivity contribution in [2.75, 3.05) is 32.1 Å². The van der Waals surface area contributed by atoms with E-state index in [1.807, 2.05) is 18.2 Å². The average molecular weight is 321 g/mol. The Morgan fingerprint density at radius 1 is 1.36 bits per heavy atom. The van der Waals surface area contributed by atoms with Gasteiger partial charge in [-0.05, 0) is 18.2 Å². The first-order valence-electron chi connectivity index (χ1n) is 7.31. The number of benzene rings is 1. The zero-order valence-electron chi connectivity index (χ0n) is 13.5. The molecule has 2 N–H and O–H groups in total. The van der Waals surface area contributed by atoms with Gasteiger partial charge in [-0.15, -0.1) is 11.3 Å². The van der Waals surface area contributed by atoms with Gasteiger partial charge in [0.15, 0.2) is 0 Å². The number of ether oxygens (including phenoxy) is 1. The van der Waals surface area contributed by atoms with Crippen LogP contribution in [0.3, 0.4) is 0 Å². The number of hydrogen-bond donors (Lipinski definition) is 2. The molecule has 0 aliphatic rings. The SMILES string of the molecule is COCCNCC(=O)Nc1ccc2nc(C(C)(C)C)sc2c1. The number of thiazole rings is 1. The average Bonchev–Trinajstić information content (AvgIpc) is 2.87. The number of hydrogen-bond acceptors (Lipinski definition) is 5. The maximum atomic E-state index is 11.8. The molecule has 1 amide bonds. The molecule has 0 spiro atoms. The van der Waals surface area contributed by atoms with E-state index in [-0.39, 0.29) is 17.9 Å². The summed E-state index contributed by atoms with van der Waals surface area (Å²) in [5.74, 6) is -0.0592. The highest BCUT2D eigenvalue weighted by molar-refractivity contribution is 7.18. The van der Waals surface area contributed by atoms with E-state index in [4.69, 9.17) is 4.74 Å². The molecule has 0 radical (unpaired) electrons. The van der Waals surface area contributed by atoms with Gasteiger partial charge in [0.1, 0.15) is 0 Å². The lowest BCUT2D eigenvalue weighted by Gasteiger charge is -2.13. The van der Waals surface area contributed by atoms with Gasteiger partial charge < -0.3 is 15.4 Å². The maximum Gasteiger partial charge on any atom is 0.238 e. The summed E-state index contributed by atoms with van der Waals surface area (Å²) in [5.41, 5.74) is 1.82. The van der Waals surface area contributed by atoms with E-state index in [9.17, 15) is 4.79 Å². The van der Waals surface area contributed by atoms with Gasteiger partial charge in [-0.25, -0.2) is 4.98 Å². The van der Waals surface area contributed by atoms with Crippen molar-refractivity contribution in [3.63, 3.8) is 0 Å². The zero-order valence-corrected chi connectivity index (χ0v) is 14.3. The van der Waals surface area contributed by atoms with Crippen molar-refractivity contribution in [1.82, 2.24) is 10.3 Å². The van der Waals surface area contributed by atoms with Gasteiger partial charge in [0.2, 0.25) is 5.91 Å². The number of methoxy groups -OCH3 is 1. The molecule has 120 valence electrons. The third kappa shape index (κ3) is 4.50. The summed E-state index contributed by atoms with van der Waals surface area (Å²) >= 11 is 1.68. The molecule has 2 aromatic rings. The first kappa shape index (κ1) is 16.9. The fraction of sp³-hybridized carbons (Fsp3) is 0.500. The van der Waals surface area contributed by atoms with Crippen LogP contribution in [0.4, 0.5) is 5.69 Å². The van der Waals surface area contributed by atoms with E-state index >= 15 is 0 Å². The Bertz CT molecular complexity index is 646. The highest BCUT2D eigenvalue weighted by atomic mass is 32.1. The Labute approximate surface area is 135 Å². The van der Waals surface area contributed by atoms with Crippen molar-refractivity contribution in [2.45, 2.75) is 26.2 Å². The molecular weight excluding hydrogens is 298 g/mol. The van der Waals surface area contributed by atoms with Crippen LogP contribution in [0.1, 0.15) is 25.8 Å². The van der Waals surface area contributed by atoms with Crippen molar-refractivity contribution in [3.05, 3.63) is 23.2 Å². The molecule has 22 heavy (non-hydrogen) atoms. The first-order valence-corrected chi connectivity index (χ1v) is 8.12. The van der Waals surface area contributed by atoms with E-state index in [0.717, 1.165) is 20.9 Å². The van der Waals surface area contributed by atoms with Crippen LogP contribution in [0.15, 0.2) is 18.2 Å². The lowest BCUT2D eigenvalue weighted by atomic mass is 9.98. The number of nitrogens with zero attached hydrogens (tertiary/aromatic N) is 1. The van der Waals surface area contributed by atoms with Gasteiger partial charge in [0, 0.05) is 24.8 Å². The highest BCUT2D eigenvalue weighted by Crippen LogP contribution is 2.32. The molecule has 0 fully saturated rings.